The molecule has 2 aromatic carbocycles. The fourth-order valence-corrected chi connectivity index (χ4v) is 3.56. The third-order valence-corrected chi connectivity index (χ3v) is 5.29. The molecule has 8 nitrogen and oxygen atoms in total. The van der Waals surface area contributed by atoms with Crippen molar-refractivity contribution in [1.82, 2.24) is 24.8 Å². The molecule has 4 rings (SSSR count). The maximum Gasteiger partial charge on any atom is 0.368 e. The van der Waals surface area contributed by atoms with Crippen LogP contribution < -0.4 is 10.4 Å². The van der Waals surface area contributed by atoms with Crippen molar-refractivity contribution in [2.75, 3.05) is 0 Å². The highest BCUT2D eigenvalue weighted by Crippen LogP contribution is 2.27. The van der Waals surface area contributed by atoms with Crippen LogP contribution in [0.4, 0.5) is 0 Å². The number of hydrogen-bond donors (Lipinski definition) is 0. The molecule has 0 amide bonds. The lowest BCUT2D eigenvalue weighted by atomic mass is 10.0. The van der Waals surface area contributed by atoms with Crippen molar-refractivity contribution in [3.05, 3.63) is 87.5 Å². The largest absolute Gasteiger partial charge is 0.489 e. The van der Waals surface area contributed by atoms with Crippen molar-refractivity contribution in [1.29, 1.82) is 5.26 Å². The van der Waals surface area contributed by atoms with Crippen molar-refractivity contribution < 1.29 is 4.74 Å². The van der Waals surface area contributed by atoms with Gasteiger partial charge < -0.3 is 4.74 Å². The van der Waals surface area contributed by atoms with E-state index in [0.29, 0.717) is 11.4 Å². The minimum Gasteiger partial charge on any atom is -0.489 e. The summed E-state index contributed by atoms with van der Waals surface area (Å²) in [6, 6.07) is 19.0. The van der Waals surface area contributed by atoms with Crippen molar-refractivity contribution in [3.63, 3.8) is 0 Å². The number of ether oxygens (including phenoxy) is 1. The second kappa shape index (κ2) is 8.86. The summed E-state index contributed by atoms with van der Waals surface area (Å²) in [5.41, 5.74) is 5.28. The van der Waals surface area contributed by atoms with Gasteiger partial charge in [-0.1, -0.05) is 25.1 Å². The molecule has 0 aliphatic heterocycles. The van der Waals surface area contributed by atoms with Crippen molar-refractivity contribution in [3.8, 4) is 28.8 Å². The van der Waals surface area contributed by atoms with Crippen LogP contribution in [-0.4, -0.2) is 24.8 Å². The Balaban J connectivity index is 1.63. The molecule has 0 radical (unpaired) electrons. The lowest BCUT2D eigenvalue weighted by Gasteiger charge is -2.16. The lowest BCUT2D eigenvalue weighted by molar-refractivity contribution is 0.302. The minimum atomic E-state index is -0.313. The first kappa shape index (κ1) is 21.0. The third-order valence-electron chi connectivity index (χ3n) is 5.29. The van der Waals surface area contributed by atoms with Gasteiger partial charge in [-0.05, 0) is 71.3 Å². The van der Waals surface area contributed by atoms with Crippen molar-refractivity contribution >= 4 is 0 Å². The van der Waals surface area contributed by atoms with E-state index in [1.807, 2.05) is 55.5 Å². The molecule has 160 valence electrons. The summed E-state index contributed by atoms with van der Waals surface area (Å²) in [6.45, 7) is 4.31. The second-order valence-corrected chi connectivity index (χ2v) is 7.35. The van der Waals surface area contributed by atoms with E-state index in [0.717, 1.165) is 40.1 Å². The SMILES string of the molecule is CCc1cccc(-n2nnn(C)c2=O)c1COc1ccc(-c2cccc(C#N)n2)cc1C. The summed E-state index contributed by atoms with van der Waals surface area (Å²) in [6.07, 6.45) is 0.792. The lowest BCUT2D eigenvalue weighted by Crippen LogP contribution is -2.23. The van der Waals surface area contributed by atoms with Crippen LogP contribution in [0.2, 0.25) is 0 Å². The molecule has 2 aromatic heterocycles. The van der Waals surface area contributed by atoms with Gasteiger partial charge in [0.2, 0.25) is 0 Å². The molecule has 0 saturated heterocycles. The van der Waals surface area contributed by atoms with Gasteiger partial charge in [-0.15, -0.1) is 0 Å². The number of nitriles is 1. The monoisotopic (exact) mass is 426 g/mol. The Hall–Kier alpha value is -4.25. The van der Waals surface area contributed by atoms with Crippen molar-refractivity contribution in [2.45, 2.75) is 26.9 Å². The summed E-state index contributed by atoms with van der Waals surface area (Å²) in [4.78, 5) is 16.8. The summed E-state index contributed by atoms with van der Waals surface area (Å²) in [5.74, 6) is 0.730. The highest BCUT2D eigenvalue weighted by molar-refractivity contribution is 5.62. The predicted octanol–water partition coefficient (Wildman–Crippen LogP) is 3.35. The molecule has 0 bridgehead atoms. The molecule has 0 saturated carbocycles. The molecule has 0 aliphatic carbocycles. The van der Waals surface area contributed by atoms with Gasteiger partial charge in [-0.2, -0.15) is 14.6 Å². The topological polar surface area (TPSA) is 98.6 Å². The molecule has 2 heterocycles. The van der Waals surface area contributed by atoms with Gasteiger partial charge in [0.15, 0.2) is 0 Å². The average Bonchev–Trinajstić information content (AvgIpc) is 3.16. The first-order chi connectivity index (χ1) is 15.5. The summed E-state index contributed by atoms with van der Waals surface area (Å²) in [7, 11) is 1.57. The van der Waals surface area contributed by atoms with Gasteiger partial charge in [0.05, 0.1) is 11.4 Å². The number of rotatable bonds is 6. The van der Waals surface area contributed by atoms with E-state index < -0.39 is 0 Å². The Kier molecular flexibility index (Phi) is 5.81. The van der Waals surface area contributed by atoms with E-state index in [-0.39, 0.29) is 12.3 Å². The predicted molar refractivity (Wildman–Crippen MR) is 119 cm³/mol. The number of pyridine rings is 1. The number of benzene rings is 2. The molecule has 0 atom stereocenters. The normalized spacial score (nSPS) is 10.7. The fraction of sp³-hybridized carbons (Fsp3) is 0.208. The van der Waals surface area contributed by atoms with Crippen LogP contribution in [-0.2, 0) is 20.1 Å². The summed E-state index contributed by atoms with van der Waals surface area (Å²) in [5, 5.41) is 16.9. The zero-order valence-electron chi connectivity index (χ0n) is 18.1. The number of nitrogens with zero attached hydrogens (tertiary/aromatic N) is 6. The third kappa shape index (κ3) is 4.01. The molecular formula is C24H22N6O2. The minimum absolute atomic E-state index is 0.282. The Morgan fingerprint density at radius 3 is 2.59 bits per heavy atom. The quantitative estimate of drug-likeness (QED) is 0.469. The van der Waals surface area contributed by atoms with Crippen LogP contribution in [0.15, 0.2) is 59.4 Å². The van der Waals surface area contributed by atoms with E-state index in [1.165, 1.54) is 9.36 Å². The molecule has 0 spiro atoms. The van der Waals surface area contributed by atoms with Crippen LogP contribution in [0.25, 0.3) is 16.9 Å². The van der Waals surface area contributed by atoms with Gasteiger partial charge in [-0.3, -0.25) is 0 Å². The second-order valence-electron chi connectivity index (χ2n) is 7.35. The highest BCUT2D eigenvalue weighted by atomic mass is 16.5. The van der Waals surface area contributed by atoms with Crippen LogP contribution >= 0.6 is 0 Å². The smallest absolute Gasteiger partial charge is 0.368 e. The van der Waals surface area contributed by atoms with Crippen LogP contribution in [0.5, 0.6) is 5.75 Å². The van der Waals surface area contributed by atoms with Crippen LogP contribution in [0.3, 0.4) is 0 Å². The number of aryl methyl sites for hydroxylation is 3. The summed E-state index contributed by atoms with van der Waals surface area (Å²) < 4.78 is 8.66. The van der Waals surface area contributed by atoms with E-state index >= 15 is 0 Å². The Morgan fingerprint density at radius 2 is 1.91 bits per heavy atom. The van der Waals surface area contributed by atoms with Gasteiger partial charge in [-0.25, -0.2) is 9.78 Å². The van der Waals surface area contributed by atoms with Gasteiger partial charge in [0.25, 0.3) is 0 Å². The molecule has 0 N–H and O–H groups in total. The molecule has 0 aliphatic rings. The number of hydrogen-bond acceptors (Lipinski definition) is 6. The van der Waals surface area contributed by atoms with E-state index in [2.05, 4.69) is 28.4 Å². The maximum absolute atomic E-state index is 12.4. The van der Waals surface area contributed by atoms with E-state index in [4.69, 9.17) is 10.00 Å². The van der Waals surface area contributed by atoms with Gasteiger partial charge in [0, 0.05) is 18.2 Å². The molecule has 0 fully saturated rings. The molecule has 8 heteroatoms. The molecule has 32 heavy (non-hydrogen) atoms. The van der Waals surface area contributed by atoms with E-state index in [1.54, 1.807) is 13.1 Å². The van der Waals surface area contributed by atoms with Gasteiger partial charge in [0.1, 0.15) is 24.1 Å². The van der Waals surface area contributed by atoms with Crippen LogP contribution in [0.1, 0.15) is 29.3 Å². The highest BCUT2D eigenvalue weighted by Gasteiger charge is 2.15. The zero-order chi connectivity index (χ0) is 22.7. The Labute approximate surface area is 185 Å². The molecule has 0 unspecified atom stereocenters. The fourth-order valence-electron chi connectivity index (χ4n) is 3.56. The Morgan fingerprint density at radius 1 is 1.09 bits per heavy atom. The first-order valence-electron chi connectivity index (χ1n) is 10.2. The van der Waals surface area contributed by atoms with Crippen LogP contribution in [0, 0.1) is 18.3 Å². The number of tetrazole rings is 1. The summed E-state index contributed by atoms with van der Waals surface area (Å²) >= 11 is 0. The number of aromatic nitrogens is 5. The zero-order valence-corrected chi connectivity index (χ0v) is 18.1. The Bertz CT molecular complexity index is 1380. The molecule has 4 aromatic rings. The van der Waals surface area contributed by atoms with Gasteiger partial charge >= 0.3 is 5.69 Å². The standard InChI is InChI=1S/C24H22N6O2/c1-4-17-7-5-10-22(30-24(31)29(3)27-28-30)20(17)15-32-23-12-11-18(13-16(23)2)21-9-6-8-19(14-25)26-21/h5-13H,4,15H2,1-3H3. The first-order valence-corrected chi connectivity index (χ1v) is 10.2. The molecular weight excluding hydrogens is 404 g/mol. The maximum atomic E-state index is 12.4. The average molecular weight is 426 g/mol. The van der Waals surface area contributed by atoms with Crippen molar-refractivity contribution in [2.24, 2.45) is 7.05 Å². The van der Waals surface area contributed by atoms with E-state index in [9.17, 15) is 4.79 Å².